The van der Waals surface area contributed by atoms with Gasteiger partial charge < -0.3 is 19.5 Å². The van der Waals surface area contributed by atoms with Crippen LogP contribution in [0.25, 0.3) is 0 Å². The van der Waals surface area contributed by atoms with Crippen molar-refractivity contribution < 1.29 is 14.6 Å². The maximum absolute atomic E-state index is 10.6. The second-order valence-electron chi connectivity index (χ2n) is 7.53. The molecule has 142 valence electrons. The van der Waals surface area contributed by atoms with E-state index in [-0.39, 0.29) is 11.3 Å². The molecule has 2 aromatic rings. The number of nitrogens with zero attached hydrogens (tertiary/aromatic N) is 1. The maximum Gasteiger partial charge on any atom is 0.161 e. The van der Waals surface area contributed by atoms with Crippen LogP contribution in [0.5, 0.6) is 11.5 Å². The summed E-state index contributed by atoms with van der Waals surface area (Å²) < 4.78 is 11.0. The molecule has 0 amide bonds. The summed E-state index contributed by atoms with van der Waals surface area (Å²) in [7, 11) is 5.46. The zero-order valence-corrected chi connectivity index (χ0v) is 16.2. The van der Waals surface area contributed by atoms with Crippen LogP contribution in [0.4, 0.5) is 0 Å². The van der Waals surface area contributed by atoms with Crippen LogP contribution in [0.3, 0.4) is 0 Å². The van der Waals surface area contributed by atoms with Crippen molar-refractivity contribution in [1.82, 2.24) is 4.90 Å². The summed E-state index contributed by atoms with van der Waals surface area (Å²) in [4.78, 5) is 2.29. The van der Waals surface area contributed by atoms with Crippen molar-refractivity contribution in [3.05, 3.63) is 71.4 Å². The van der Waals surface area contributed by atoms with Gasteiger partial charge in [0.25, 0.3) is 0 Å². The first-order valence-corrected chi connectivity index (χ1v) is 9.49. The standard InChI is InChI=1S/C23H27NO3/c1-24-12-11-23(17-9-10-20(26-2)21(13-17)27-3)19(14-18(25)15-22(23)24)16-7-5-4-6-8-16/h4-10,13,15,18-19,25H,11-12,14H2,1-3H3/t18-,19-,23+/m1/s1. The lowest BCUT2D eigenvalue weighted by Crippen LogP contribution is -2.40. The molecule has 1 aliphatic carbocycles. The molecule has 2 aliphatic rings. The third-order valence-corrected chi connectivity index (χ3v) is 6.23. The van der Waals surface area contributed by atoms with Gasteiger partial charge in [0, 0.05) is 30.6 Å². The molecule has 27 heavy (non-hydrogen) atoms. The van der Waals surface area contributed by atoms with Crippen molar-refractivity contribution in [3.63, 3.8) is 0 Å². The smallest absolute Gasteiger partial charge is 0.161 e. The second-order valence-corrected chi connectivity index (χ2v) is 7.53. The molecule has 0 spiro atoms. The average Bonchev–Trinajstić information content (AvgIpc) is 3.05. The number of allylic oxidation sites excluding steroid dienone is 1. The van der Waals surface area contributed by atoms with Crippen molar-refractivity contribution in [1.29, 1.82) is 0 Å². The van der Waals surface area contributed by atoms with Gasteiger partial charge in [-0.2, -0.15) is 0 Å². The minimum atomic E-state index is -0.431. The van der Waals surface area contributed by atoms with E-state index in [9.17, 15) is 5.11 Å². The summed E-state index contributed by atoms with van der Waals surface area (Å²) in [5, 5.41) is 10.6. The van der Waals surface area contributed by atoms with Gasteiger partial charge in [-0.05, 0) is 42.2 Å². The van der Waals surface area contributed by atoms with E-state index in [4.69, 9.17) is 9.47 Å². The monoisotopic (exact) mass is 365 g/mol. The quantitative estimate of drug-likeness (QED) is 0.897. The number of likely N-dealkylation sites (tertiary alicyclic amines) is 1. The molecule has 0 unspecified atom stereocenters. The Kier molecular flexibility index (Phi) is 4.60. The van der Waals surface area contributed by atoms with E-state index in [1.807, 2.05) is 18.2 Å². The van der Waals surface area contributed by atoms with Crippen LogP contribution in [0.1, 0.15) is 29.9 Å². The second kappa shape index (κ2) is 6.93. The Labute approximate surface area is 161 Å². The van der Waals surface area contributed by atoms with E-state index >= 15 is 0 Å². The highest BCUT2D eigenvalue weighted by molar-refractivity contribution is 5.52. The maximum atomic E-state index is 10.6. The summed E-state index contributed by atoms with van der Waals surface area (Å²) in [5.74, 6) is 1.69. The van der Waals surface area contributed by atoms with Gasteiger partial charge in [0.05, 0.1) is 20.3 Å². The highest BCUT2D eigenvalue weighted by Gasteiger charge is 2.52. The Hall–Kier alpha value is -2.46. The largest absolute Gasteiger partial charge is 0.493 e. The summed E-state index contributed by atoms with van der Waals surface area (Å²) >= 11 is 0. The van der Waals surface area contributed by atoms with E-state index in [1.54, 1.807) is 14.2 Å². The molecule has 1 aliphatic heterocycles. The minimum Gasteiger partial charge on any atom is -0.493 e. The van der Waals surface area contributed by atoms with Crippen LogP contribution >= 0.6 is 0 Å². The number of aliphatic hydroxyl groups excluding tert-OH is 1. The molecule has 0 saturated carbocycles. The van der Waals surface area contributed by atoms with Gasteiger partial charge in [-0.25, -0.2) is 0 Å². The van der Waals surface area contributed by atoms with Crippen LogP contribution in [-0.2, 0) is 5.41 Å². The summed E-state index contributed by atoms with van der Waals surface area (Å²) in [5.41, 5.74) is 3.53. The van der Waals surface area contributed by atoms with Crippen LogP contribution in [0.15, 0.2) is 60.3 Å². The lowest BCUT2D eigenvalue weighted by atomic mass is 9.61. The van der Waals surface area contributed by atoms with Crippen molar-refractivity contribution >= 4 is 0 Å². The molecule has 4 nitrogen and oxygen atoms in total. The molecular weight excluding hydrogens is 338 g/mol. The normalized spacial score (nSPS) is 27.1. The summed E-state index contributed by atoms with van der Waals surface area (Å²) in [6.45, 7) is 0.968. The van der Waals surface area contributed by atoms with Crippen molar-refractivity contribution in [2.45, 2.75) is 30.3 Å². The lowest BCUT2D eigenvalue weighted by molar-refractivity contribution is 0.165. The van der Waals surface area contributed by atoms with Crippen molar-refractivity contribution in [2.24, 2.45) is 0 Å². The predicted octanol–water partition coefficient (Wildman–Crippen LogP) is 3.71. The number of rotatable bonds is 4. The zero-order valence-electron chi connectivity index (χ0n) is 16.2. The highest BCUT2D eigenvalue weighted by Crippen LogP contribution is 2.56. The molecular formula is C23H27NO3. The molecule has 3 atom stereocenters. The van der Waals surface area contributed by atoms with Gasteiger partial charge in [-0.15, -0.1) is 0 Å². The fourth-order valence-corrected chi connectivity index (χ4v) is 4.97. The lowest BCUT2D eigenvalue weighted by Gasteiger charge is -2.44. The first-order valence-electron chi connectivity index (χ1n) is 9.49. The van der Waals surface area contributed by atoms with Gasteiger partial charge in [0.1, 0.15) is 0 Å². The third-order valence-electron chi connectivity index (χ3n) is 6.23. The van der Waals surface area contributed by atoms with E-state index < -0.39 is 6.10 Å². The number of likely N-dealkylation sites (N-methyl/N-ethyl adjacent to an activating group) is 1. The third kappa shape index (κ3) is 2.79. The number of hydrogen-bond donors (Lipinski definition) is 1. The topological polar surface area (TPSA) is 41.9 Å². The van der Waals surface area contributed by atoms with Gasteiger partial charge in [0.2, 0.25) is 0 Å². The Morgan fingerprint density at radius 1 is 1.04 bits per heavy atom. The Morgan fingerprint density at radius 2 is 1.78 bits per heavy atom. The van der Waals surface area contributed by atoms with Crippen LogP contribution in [0, 0.1) is 0 Å². The summed E-state index contributed by atoms with van der Waals surface area (Å²) in [6.07, 6.45) is 3.34. The predicted molar refractivity (Wildman–Crippen MR) is 106 cm³/mol. The molecule has 4 heteroatoms. The van der Waals surface area contributed by atoms with Crippen LogP contribution in [0.2, 0.25) is 0 Å². The van der Waals surface area contributed by atoms with Gasteiger partial charge in [-0.1, -0.05) is 36.4 Å². The number of benzene rings is 2. The van der Waals surface area contributed by atoms with Gasteiger partial charge in [-0.3, -0.25) is 0 Å². The van der Waals surface area contributed by atoms with E-state index in [0.717, 1.165) is 30.9 Å². The molecule has 0 radical (unpaired) electrons. The number of fused-ring (bicyclic) bond motifs is 1. The minimum absolute atomic E-state index is 0.172. The Bertz CT molecular complexity index is 848. The zero-order chi connectivity index (χ0) is 19.0. The van der Waals surface area contributed by atoms with E-state index in [0.29, 0.717) is 0 Å². The molecule has 1 N–H and O–H groups in total. The van der Waals surface area contributed by atoms with Gasteiger partial charge >= 0.3 is 0 Å². The molecule has 2 aromatic carbocycles. The SMILES string of the molecule is COc1ccc([C@]23CCN(C)C2=C[C@H](O)C[C@@H]3c2ccccc2)cc1OC. The Morgan fingerprint density at radius 3 is 2.48 bits per heavy atom. The van der Waals surface area contributed by atoms with Gasteiger partial charge in [0.15, 0.2) is 11.5 Å². The van der Waals surface area contributed by atoms with E-state index in [1.165, 1.54) is 16.8 Å². The van der Waals surface area contributed by atoms with Crippen molar-refractivity contribution in [3.8, 4) is 11.5 Å². The molecule has 4 rings (SSSR count). The average molecular weight is 365 g/mol. The number of aliphatic hydroxyl groups is 1. The summed E-state index contributed by atoms with van der Waals surface area (Å²) in [6, 6.07) is 16.8. The van der Waals surface area contributed by atoms with E-state index in [2.05, 4.69) is 48.3 Å². The first kappa shape index (κ1) is 17.9. The first-order chi connectivity index (χ1) is 13.1. The molecule has 1 fully saturated rings. The number of ether oxygens (including phenoxy) is 2. The fourth-order valence-electron chi connectivity index (χ4n) is 4.97. The molecule has 1 saturated heterocycles. The fraction of sp³-hybridized carbons (Fsp3) is 0.391. The number of methoxy groups -OCH3 is 2. The number of hydrogen-bond acceptors (Lipinski definition) is 4. The molecule has 0 aromatic heterocycles. The Balaban J connectivity index is 1.92. The van der Waals surface area contributed by atoms with Crippen molar-refractivity contribution in [2.75, 3.05) is 27.8 Å². The van der Waals surface area contributed by atoms with Crippen LogP contribution < -0.4 is 9.47 Å². The molecule has 0 bridgehead atoms. The molecule has 1 heterocycles. The highest BCUT2D eigenvalue weighted by atomic mass is 16.5. The van der Waals surface area contributed by atoms with Crippen LogP contribution in [-0.4, -0.2) is 43.9 Å².